The highest BCUT2D eigenvalue weighted by atomic mass is 15.3. The molecule has 1 aliphatic rings. The van der Waals surface area contributed by atoms with Gasteiger partial charge in [0.15, 0.2) is 0 Å². The Hall–Kier alpha value is -3.94. The highest BCUT2D eigenvalue weighted by Gasteiger charge is 2.28. The van der Waals surface area contributed by atoms with Crippen molar-refractivity contribution < 1.29 is 0 Å². The molecule has 8 nitrogen and oxygen atoms in total. The Kier molecular flexibility index (Phi) is 4.13. The number of nitrogens with two attached hydrogens (primary N) is 2. The molecular weight excluding hydrogens is 376 g/mol. The van der Waals surface area contributed by atoms with Crippen molar-refractivity contribution in [2.75, 3.05) is 22.9 Å². The molecule has 0 amide bonds. The smallest absolute Gasteiger partial charge is 0.142 e. The number of aryl methyl sites for hydroxylation is 1. The van der Waals surface area contributed by atoms with Gasteiger partial charge in [-0.15, -0.1) is 10.2 Å². The van der Waals surface area contributed by atoms with Gasteiger partial charge < -0.3 is 16.4 Å². The average molecular weight is 398 g/mol. The maximum atomic E-state index is 5.82. The molecule has 1 aliphatic heterocycles. The van der Waals surface area contributed by atoms with E-state index in [2.05, 4.69) is 54.8 Å². The second kappa shape index (κ2) is 6.84. The van der Waals surface area contributed by atoms with Crippen LogP contribution in [-0.4, -0.2) is 31.3 Å². The van der Waals surface area contributed by atoms with Crippen molar-refractivity contribution in [2.24, 2.45) is 0 Å². The zero-order chi connectivity index (χ0) is 20.8. The maximum absolute atomic E-state index is 5.82. The minimum absolute atomic E-state index is 0.165. The van der Waals surface area contributed by atoms with Crippen LogP contribution in [0.15, 0.2) is 54.9 Å². The third-order valence-electron chi connectivity index (χ3n) is 5.46. The summed E-state index contributed by atoms with van der Waals surface area (Å²) in [5, 5.41) is 8.79. The molecule has 4 heterocycles. The van der Waals surface area contributed by atoms with E-state index in [1.807, 2.05) is 37.4 Å². The van der Waals surface area contributed by atoms with E-state index in [1.54, 1.807) is 6.20 Å². The highest BCUT2D eigenvalue weighted by molar-refractivity contribution is 5.79. The number of anilines is 4. The standard InChI is InChI=1S/C22H22N8/c1-13-12-29(17-5-8-21(24)26-11-17)19-9-15(16-4-7-20(23)25-10-16)3-6-18(19)30-14(2)27-28-22(13)30/h3-11,13H,12H2,1-2H3,(H2,23,25)(H2,24,26)/t13-/m1/s1. The molecule has 0 fully saturated rings. The van der Waals surface area contributed by atoms with Gasteiger partial charge in [-0.1, -0.05) is 13.0 Å². The lowest BCUT2D eigenvalue weighted by atomic mass is 10.0. The molecule has 150 valence electrons. The third-order valence-corrected chi connectivity index (χ3v) is 5.46. The van der Waals surface area contributed by atoms with Crippen LogP contribution in [0.2, 0.25) is 0 Å². The van der Waals surface area contributed by atoms with Crippen LogP contribution in [0.25, 0.3) is 16.8 Å². The molecular formula is C22H22N8. The topological polar surface area (TPSA) is 112 Å². The van der Waals surface area contributed by atoms with E-state index in [0.29, 0.717) is 11.6 Å². The van der Waals surface area contributed by atoms with Gasteiger partial charge >= 0.3 is 0 Å². The zero-order valence-corrected chi connectivity index (χ0v) is 16.8. The number of rotatable bonds is 2. The largest absolute Gasteiger partial charge is 0.384 e. The van der Waals surface area contributed by atoms with Crippen LogP contribution in [0.5, 0.6) is 0 Å². The van der Waals surface area contributed by atoms with E-state index in [1.165, 1.54) is 0 Å². The molecule has 4 N–H and O–H groups in total. The molecule has 0 aliphatic carbocycles. The van der Waals surface area contributed by atoms with Crippen molar-refractivity contribution in [3.63, 3.8) is 0 Å². The quantitative estimate of drug-likeness (QED) is 0.532. The number of hydrogen-bond donors (Lipinski definition) is 2. The first-order valence-electron chi connectivity index (χ1n) is 9.78. The van der Waals surface area contributed by atoms with Crippen LogP contribution in [0.4, 0.5) is 23.0 Å². The van der Waals surface area contributed by atoms with E-state index < -0.39 is 0 Å². The Morgan fingerprint density at radius 2 is 1.60 bits per heavy atom. The molecule has 0 radical (unpaired) electrons. The lowest BCUT2D eigenvalue weighted by molar-refractivity contribution is 0.695. The van der Waals surface area contributed by atoms with Crippen molar-refractivity contribution in [1.29, 1.82) is 0 Å². The van der Waals surface area contributed by atoms with Crippen LogP contribution >= 0.6 is 0 Å². The molecule has 0 bridgehead atoms. The molecule has 1 aromatic carbocycles. The second-order valence-electron chi connectivity index (χ2n) is 7.57. The molecule has 1 atom stereocenters. The van der Waals surface area contributed by atoms with E-state index in [0.717, 1.165) is 46.4 Å². The van der Waals surface area contributed by atoms with Gasteiger partial charge in [0.25, 0.3) is 0 Å². The highest BCUT2D eigenvalue weighted by Crippen LogP contribution is 2.40. The second-order valence-corrected chi connectivity index (χ2v) is 7.57. The molecule has 0 spiro atoms. The molecule has 0 unspecified atom stereocenters. The molecule has 4 aromatic rings. The fraction of sp³-hybridized carbons (Fsp3) is 0.182. The monoisotopic (exact) mass is 398 g/mol. The summed E-state index contributed by atoms with van der Waals surface area (Å²) < 4.78 is 2.13. The van der Waals surface area contributed by atoms with Gasteiger partial charge in [0.05, 0.1) is 23.3 Å². The average Bonchev–Trinajstić information content (AvgIpc) is 3.08. The first-order chi connectivity index (χ1) is 14.5. The molecule has 5 rings (SSSR count). The van der Waals surface area contributed by atoms with Crippen LogP contribution in [-0.2, 0) is 0 Å². The predicted octanol–water partition coefficient (Wildman–Crippen LogP) is 3.45. The summed E-state index contributed by atoms with van der Waals surface area (Å²) in [7, 11) is 0. The Morgan fingerprint density at radius 3 is 2.30 bits per heavy atom. The van der Waals surface area contributed by atoms with E-state index >= 15 is 0 Å². The number of hydrogen-bond acceptors (Lipinski definition) is 7. The SMILES string of the molecule is Cc1nnc2n1-c1ccc(-c3ccc(N)nc3)cc1N(c1ccc(N)nc1)C[C@H]2C. The number of nitrogen functional groups attached to an aromatic ring is 2. The lowest BCUT2D eigenvalue weighted by Gasteiger charge is -2.26. The fourth-order valence-corrected chi connectivity index (χ4v) is 3.94. The van der Waals surface area contributed by atoms with Crippen molar-refractivity contribution in [3.8, 4) is 16.8 Å². The molecule has 0 saturated heterocycles. The van der Waals surface area contributed by atoms with E-state index in [9.17, 15) is 0 Å². The summed E-state index contributed by atoms with van der Waals surface area (Å²) in [6.45, 7) is 4.87. The first kappa shape index (κ1) is 18.1. The summed E-state index contributed by atoms with van der Waals surface area (Å²) in [4.78, 5) is 10.8. The first-order valence-corrected chi connectivity index (χ1v) is 9.78. The Balaban J connectivity index is 1.73. The zero-order valence-electron chi connectivity index (χ0n) is 16.8. The van der Waals surface area contributed by atoms with Crippen molar-refractivity contribution in [3.05, 3.63) is 66.5 Å². The Morgan fingerprint density at radius 1 is 0.867 bits per heavy atom. The van der Waals surface area contributed by atoms with Gasteiger partial charge in [-0.3, -0.25) is 4.57 Å². The number of pyridine rings is 2. The van der Waals surface area contributed by atoms with Gasteiger partial charge in [-0.2, -0.15) is 0 Å². The lowest BCUT2D eigenvalue weighted by Crippen LogP contribution is -2.22. The van der Waals surface area contributed by atoms with Gasteiger partial charge in [0.1, 0.15) is 23.3 Å². The van der Waals surface area contributed by atoms with Gasteiger partial charge in [-0.25, -0.2) is 9.97 Å². The van der Waals surface area contributed by atoms with Crippen LogP contribution in [0.3, 0.4) is 0 Å². The number of fused-ring (bicyclic) bond motifs is 3. The Labute approximate surface area is 174 Å². The summed E-state index contributed by atoms with van der Waals surface area (Å²) in [6.07, 6.45) is 3.60. The number of nitrogens with zero attached hydrogens (tertiary/aromatic N) is 6. The van der Waals surface area contributed by atoms with Crippen molar-refractivity contribution >= 4 is 23.0 Å². The maximum Gasteiger partial charge on any atom is 0.142 e. The predicted molar refractivity (Wildman–Crippen MR) is 118 cm³/mol. The summed E-state index contributed by atoms with van der Waals surface area (Å²) >= 11 is 0. The van der Waals surface area contributed by atoms with Crippen molar-refractivity contribution in [2.45, 2.75) is 19.8 Å². The molecule has 8 heteroatoms. The van der Waals surface area contributed by atoms with Crippen LogP contribution in [0.1, 0.15) is 24.5 Å². The van der Waals surface area contributed by atoms with Gasteiger partial charge in [0, 0.05) is 24.2 Å². The third kappa shape index (κ3) is 2.93. The molecule has 3 aromatic heterocycles. The van der Waals surface area contributed by atoms with E-state index in [4.69, 9.17) is 11.5 Å². The summed E-state index contributed by atoms with van der Waals surface area (Å²) in [5.41, 5.74) is 16.7. The summed E-state index contributed by atoms with van der Waals surface area (Å²) in [6, 6.07) is 14.0. The number of benzene rings is 1. The normalized spacial score (nSPS) is 15.4. The van der Waals surface area contributed by atoms with Gasteiger partial charge in [-0.05, 0) is 48.9 Å². The molecule has 30 heavy (non-hydrogen) atoms. The fourth-order valence-electron chi connectivity index (χ4n) is 3.94. The van der Waals surface area contributed by atoms with Gasteiger partial charge in [0.2, 0.25) is 0 Å². The van der Waals surface area contributed by atoms with Crippen molar-refractivity contribution in [1.82, 2.24) is 24.7 Å². The number of aromatic nitrogens is 5. The van der Waals surface area contributed by atoms with E-state index in [-0.39, 0.29) is 5.92 Å². The Bertz CT molecular complexity index is 1210. The summed E-state index contributed by atoms with van der Waals surface area (Å²) in [5.74, 6) is 2.97. The minimum atomic E-state index is 0.165. The minimum Gasteiger partial charge on any atom is -0.384 e. The van der Waals surface area contributed by atoms with Crippen LogP contribution < -0.4 is 16.4 Å². The van der Waals surface area contributed by atoms with Crippen LogP contribution in [0, 0.1) is 6.92 Å². The molecule has 0 saturated carbocycles.